The Kier molecular flexibility index (Phi) is 9.06. The van der Waals surface area contributed by atoms with Gasteiger partial charge in [-0.25, -0.2) is 8.42 Å². The number of H-pyrrole nitrogens is 1. The molecule has 0 saturated carbocycles. The maximum Gasteiger partial charge on any atom is 0.252 e. The minimum absolute atomic E-state index is 0. The third kappa shape index (κ3) is 5.96. The van der Waals surface area contributed by atoms with Gasteiger partial charge in [0.25, 0.3) is 5.91 Å². The molecule has 10 nitrogen and oxygen atoms in total. The highest BCUT2D eigenvalue weighted by Gasteiger charge is 2.28. The summed E-state index contributed by atoms with van der Waals surface area (Å²) in [7, 11) is -0.117. The molecule has 13 heteroatoms. The van der Waals surface area contributed by atoms with E-state index in [0.29, 0.717) is 64.9 Å². The summed E-state index contributed by atoms with van der Waals surface area (Å²) in [6, 6.07) is 13.8. The number of carbonyl (C=O) groups excluding carboxylic acids is 1. The molecule has 0 spiro atoms. The summed E-state index contributed by atoms with van der Waals surface area (Å²) in [5.41, 5.74) is 2.65. The summed E-state index contributed by atoms with van der Waals surface area (Å²) in [5.74, 6) is 0.305. The molecule has 3 heterocycles. The molecule has 4 aromatic rings. The number of halogens is 2. The first kappa shape index (κ1) is 29.8. The average Bonchev–Trinajstić information content (AvgIpc) is 3.26. The number of hydrogen-bond acceptors (Lipinski definition) is 7. The minimum atomic E-state index is -3.67. The fraction of sp³-hybridized carbons (Fsp3) is 0.259. The highest BCUT2D eigenvalue weighted by atomic mass is 79.9. The van der Waals surface area contributed by atoms with Gasteiger partial charge in [0.2, 0.25) is 10.0 Å². The smallest absolute Gasteiger partial charge is 0.252 e. The third-order valence-corrected chi connectivity index (χ3v) is 9.35. The maximum atomic E-state index is 13.1. The third-order valence-electron chi connectivity index (χ3n) is 6.82. The van der Waals surface area contributed by atoms with Gasteiger partial charge in [-0.05, 0) is 64.9 Å². The topological polar surface area (TPSA) is 128 Å². The molecule has 0 aliphatic carbocycles. The number of fused-ring (bicyclic) bond motifs is 1. The molecule has 0 radical (unpaired) electrons. The molecule has 1 fully saturated rings. The Bertz CT molecular complexity index is 1620. The second kappa shape index (κ2) is 12.1. The summed E-state index contributed by atoms with van der Waals surface area (Å²) in [6.45, 7) is 2.49. The Balaban J connectivity index is 0.00000370. The Morgan fingerprint density at radius 3 is 2.45 bits per heavy atom. The number of pyridine rings is 1. The molecule has 1 aliphatic heterocycles. The van der Waals surface area contributed by atoms with E-state index in [0.717, 1.165) is 11.3 Å². The van der Waals surface area contributed by atoms with E-state index in [2.05, 4.69) is 36.1 Å². The number of nitrogens with zero attached hydrogens (tertiary/aromatic N) is 3. The first-order valence-electron chi connectivity index (χ1n) is 12.3. The highest BCUT2D eigenvalue weighted by Crippen LogP contribution is 2.38. The number of rotatable bonds is 7. The first-order valence-corrected chi connectivity index (χ1v) is 14.5. The summed E-state index contributed by atoms with van der Waals surface area (Å²) >= 11 is 3.46. The molecule has 1 amide bonds. The van der Waals surface area contributed by atoms with Gasteiger partial charge >= 0.3 is 0 Å². The van der Waals surface area contributed by atoms with Crippen molar-refractivity contribution in [2.24, 2.45) is 0 Å². The number of aromatic amines is 1. The van der Waals surface area contributed by atoms with Crippen molar-refractivity contribution < 1.29 is 23.1 Å². The number of benzene rings is 2. The number of ether oxygens (including phenoxy) is 1. The lowest BCUT2D eigenvalue weighted by molar-refractivity contribution is 0.0950. The van der Waals surface area contributed by atoms with Gasteiger partial charge < -0.3 is 25.0 Å². The maximum absolute atomic E-state index is 13.1. The molecule has 0 unspecified atom stereocenters. The second-order valence-electron chi connectivity index (χ2n) is 9.34. The molecule has 212 valence electrons. The van der Waals surface area contributed by atoms with Gasteiger partial charge in [-0.15, -0.1) is 12.4 Å². The van der Waals surface area contributed by atoms with Crippen LogP contribution >= 0.6 is 28.3 Å². The van der Waals surface area contributed by atoms with Gasteiger partial charge in [0.1, 0.15) is 10.6 Å². The van der Waals surface area contributed by atoms with Crippen LogP contribution in [0, 0.1) is 0 Å². The number of likely N-dealkylation sites (N-methyl/N-ethyl adjacent to an activating group) is 1. The number of sulfonamides is 1. The Morgan fingerprint density at radius 2 is 1.82 bits per heavy atom. The number of piperazine rings is 1. The van der Waals surface area contributed by atoms with E-state index in [1.165, 1.54) is 16.6 Å². The van der Waals surface area contributed by atoms with Crippen molar-refractivity contribution in [1.82, 2.24) is 24.5 Å². The molecule has 2 aromatic carbocycles. The zero-order valence-corrected chi connectivity index (χ0v) is 25.1. The van der Waals surface area contributed by atoms with Crippen molar-refractivity contribution in [3.05, 3.63) is 70.3 Å². The monoisotopic (exact) mass is 649 g/mol. The predicted octanol–water partition coefficient (Wildman–Crippen LogP) is 3.99. The van der Waals surface area contributed by atoms with Crippen molar-refractivity contribution in [1.29, 1.82) is 0 Å². The predicted molar refractivity (Wildman–Crippen MR) is 159 cm³/mol. The normalized spacial score (nSPS) is 14.6. The SMILES string of the molecule is COc1ccc(CNC(=O)c2cc3c(-c4ccc(S(=O)(=O)N5CCN(C)CC5)cn4)c(O)[nH]c3cc2Br)cc1.Cl. The number of aromatic hydroxyl groups is 1. The van der Waals surface area contributed by atoms with Crippen LogP contribution in [0.1, 0.15) is 15.9 Å². The van der Waals surface area contributed by atoms with Crippen LogP contribution in [0.5, 0.6) is 11.6 Å². The highest BCUT2D eigenvalue weighted by molar-refractivity contribution is 9.10. The summed E-state index contributed by atoms with van der Waals surface area (Å²) < 4.78 is 33.3. The van der Waals surface area contributed by atoms with E-state index >= 15 is 0 Å². The number of hydrogen-bond donors (Lipinski definition) is 3. The van der Waals surface area contributed by atoms with Crippen LogP contribution in [-0.2, 0) is 16.6 Å². The molecule has 3 N–H and O–H groups in total. The molecule has 40 heavy (non-hydrogen) atoms. The van der Waals surface area contributed by atoms with E-state index in [-0.39, 0.29) is 29.1 Å². The standard InChI is InChI=1S/C27H28BrN5O5S.ClH/c1-32-9-11-33(12-10-32)39(36,37)19-7-8-23(29-16-19)25-21-13-20(22(28)14-24(21)31-27(25)35)26(34)30-15-17-3-5-18(38-2)6-4-17;/h3-8,13-14,16,31,35H,9-12,15H2,1-2H3,(H,30,34);1H. The van der Waals surface area contributed by atoms with Crippen LogP contribution in [0.15, 0.2) is 64.1 Å². The molecule has 1 aliphatic rings. The number of amides is 1. The fourth-order valence-corrected chi connectivity index (χ4v) is 6.41. The molecular formula is C27H29BrClN5O5S. The van der Waals surface area contributed by atoms with Gasteiger partial charge in [-0.2, -0.15) is 4.31 Å². The lowest BCUT2D eigenvalue weighted by Crippen LogP contribution is -2.47. The Morgan fingerprint density at radius 1 is 1.12 bits per heavy atom. The average molecular weight is 651 g/mol. The number of carbonyl (C=O) groups is 1. The van der Waals surface area contributed by atoms with Gasteiger partial charge in [-0.3, -0.25) is 9.78 Å². The molecule has 5 rings (SSSR count). The minimum Gasteiger partial charge on any atom is -0.497 e. The van der Waals surface area contributed by atoms with E-state index < -0.39 is 10.0 Å². The van der Waals surface area contributed by atoms with Crippen LogP contribution in [0.25, 0.3) is 22.2 Å². The Labute approximate surface area is 246 Å². The molecule has 0 bridgehead atoms. The number of nitrogens with one attached hydrogen (secondary N) is 2. The summed E-state index contributed by atoms with van der Waals surface area (Å²) in [6.07, 6.45) is 1.31. The van der Waals surface area contributed by atoms with Crippen molar-refractivity contribution in [2.45, 2.75) is 11.4 Å². The van der Waals surface area contributed by atoms with Crippen molar-refractivity contribution in [2.75, 3.05) is 40.3 Å². The number of methoxy groups -OCH3 is 1. The van der Waals surface area contributed by atoms with E-state index in [9.17, 15) is 18.3 Å². The zero-order chi connectivity index (χ0) is 27.7. The van der Waals surface area contributed by atoms with Crippen LogP contribution in [-0.4, -0.2) is 78.9 Å². The first-order chi connectivity index (χ1) is 18.7. The van der Waals surface area contributed by atoms with Crippen LogP contribution in [0.2, 0.25) is 0 Å². The van der Waals surface area contributed by atoms with Crippen molar-refractivity contribution in [3.8, 4) is 22.9 Å². The fourth-order valence-electron chi connectivity index (χ4n) is 4.51. The van der Waals surface area contributed by atoms with Gasteiger partial charge in [0.05, 0.1) is 29.4 Å². The molecule has 2 aromatic heterocycles. The lowest BCUT2D eigenvalue weighted by Gasteiger charge is -2.31. The molecular weight excluding hydrogens is 622 g/mol. The molecule has 1 saturated heterocycles. The lowest BCUT2D eigenvalue weighted by atomic mass is 10.1. The quantitative estimate of drug-likeness (QED) is 0.276. The van der Waals surface area contributed by atoms with E-state index in [1.807, 2.05) is 31.3 Å². The van der Waals surface area contributed by atoms with Crippen molar-refractivity contribution in [3.63, 3.8) is 0 Å². The van der Waals surface area contributed by atoms with Crippen LogP contribution < -0.4 is 10.1 Å². The van der Waals surface area contributed by atoms with E-state index in [1.54, 1.807) is 25.3 Å². The van der Waals surface area contributed by atoms with E-state index in [4.69, 9.17) is 4.74 Å². The Hall–Kier alpha value is -3.16. The summed E-state index contributed by atoms with van der Waals surface area (Å²) in [5, 5.41) is 14.2. The second-order valence-corrected chi connectivity index (χ2v) is 12.1. The van der Waals surface area contributed by atoms with Gasteiger partial charge in [0.15, 0.2) is 5.88 Å². The van der Waals surface area contributed by atoms with Gasteiger partial charge in [0, 0.05) is 48.8 Å². The van der Waals surface area contributed by atoms with Gasteiger partial charge in [-0.1, -0.05) is 12.1 Å². The van der Waals surface area contributed by atoms with Crippen molar-refractivity contribution >= 4 is 55.2 Å². The van der Waals surface area contributed by atoms with Crippen LogP contribution in [0.3, 0.4) is 0 Å². The van der Waals surface area contributed by atoms with Crippen LogP contribution in [0.4, 0.5) is 0 Å². The largest absolute Gasteiger partial charge is 0.497 e. The number of aromatic nitrogens is 2. The zero-order valence-electron chi connectivity index (χ0n) is 21.8. The summed E-state index contributed by atoms with van der Waals surface area (Å²) in [4.78, 5) is 22.5. The molecule has 0 atom stereocenters.